The van der Waals surface area contributed by atoms with Gasteiger partial charge in [0.15, 0.2) is 0 Å². The molecule has 8 heteroatoms. The second-order valence-electron chi connectivity index (χ2n) is 15.0. The molecule has 0 atom stereocenters. The molecule has 0 fully saturated rings. The molecule has 0 saturated heterocycles. The Morgan fingerprint density at radius 2 is 0.786 bits per heavy atom. The summed E-state index contributed by atoms with van der Waals surface area (Å²) < 4.78 is 0. The van der Waals surface area contributed by atoms with Gasteiger partial charge in [0, 0.05) is 55.4 Å². The number of fused-ring (bicyclic) bond motifs is 5. The maximum atomic E-state index is 4.48. The van der Waals surface area contributed by atoms with Gasteiger partial charge in [-0.2, -0.15) is 0 Å². The third-order valence-corrected chi connectivity index (χ3v) is 10.0. The molecule has 0 unspecified atom stereocenters. The van der Waals surface area contributed by atoms with Crippen molar-refractivity contribution in [3.63, 3.8) is 0 Å². The molecule has 0 radical (unpaired) electrons. The third kappa shape index (κ3) is 18.8. The smallest absolute Gasteiger partial charge is 0.126 e. The van der Waals surface area contributed by atoms with E-state index in [1.807, 2.05) is 153 Å². The molecule has 0 aliphatic heterocycles. The third-order valence-electron chi connectivity index (χ3n) is 10.0. The summed E-state index contributed by atoms with van der Waals surface area (Å²) in [7, 11) is 0. The molecule has 0 saturated carbocycles. The van der Waals surface area contributed by atoms with Crippen LogP contribution in [-0.2, 0) is 0 Å². The van der Waals surface area contributed by atoms with Crippen molar-refractivity contribution in [3.8, 4) is 0 Å². The van der Waals surface area contributed by atoms with E-state index in [1.165, 1.54) is 33.0 Å². The predicted octanol–water partition coefficient (Wildman–Crippen LogP) is 17.6. The number of hydrogen-bond acceptors (Lipinski definition) is 8. The quantitative estimate of drug-likeness (QED) is 0.148. The zero-order valence-electron chi connectivity index (χ0n) is 46.3. The zero-order chi connectivity index (χ0) is 52.8. The number of nitrogens with zero attached hydrogens (tertiary/aromatic N) is 8. The van der Waals surface area contributed by atoms with E-state index in [0.717, 1.165) is 78.0 Å². The van der Waals surface area contributed by atoms with Crippen LogP contribution in [0.25, 0.3) is 54.5 Å². The van der Waals surface area contributed by atoms with Gasteiger partial charge in [-0.3, -0.25) is 9.97 Å². The average Bonchev–Trinajstić information content (AvgIpc) is 3.38. The lowest BCUT2D eigenvalue weighted by atomic mass is 10.1. The zero-order valence-corrected chi connectivity index (χ0v) is 46.3. The van der Waals surface area contributed by atoms with Crippen molar-refractivity contribution in [1.82, 2.24) is 39.9 Å². The van der Waals surface area contributed by atoms with Crippen molar-refractivity contribution < 1.29 is 0 Å². The van der Waals surface area contributed by atoms with Gasteiger partial charge in [-0.1, -0.05) is 160 Å². The van der Waals surface area contributed by atoms with Crippen molar-refractivity contribution in [2.24, 2.45) is 0 Å². The van der Waals surface area contributed by atoms with Crippen molar-refractivity contribution in [2.75, 3.05) is 0 Å². The lowest BCUT2D eigenvalue weighted by molar-refractivity contribution is 1.05. The lowest BCUT2D eigenvalue weighted by Crippen LogP contribution is -1.92. The van der Waals surface area contributed by atoms with E-state index in [9.17, 15) is 0 Å². The Morgan fingerprint density at radius 1 is 0.300 bits per heavy atom. The topological polar surface area (TPSA) is 103 Å². The standard InChI is InChI=1S/2C11H11N.3C10H10N2.5C2H6/c1-8-3-5-10-6-4-9(2)12-11(10)7-8;1-8-4-3-5-10-7-6-9(2)12-11(8)10;1-7-3-4-9-8(2)11-6-12-10(9)5-7;1-7-4-3-5-9-8(2)11-6-12-10(7)9;1-7-9-5-3-4-6-10(9)12-8(2)11-7;5*1-2/h2*3-7H,1-2H3;3*3-6H,1-2H3;5*1-2H3. The maximum absolute atomic E-state index is 4.48. The minimum absolute atomic E-state index is 0.839. The Morgan fingerprint density at radius 3 is 1.43 bits per heavy atom. The molecule has 370 valence electrons. The molecule has 10 aromatic rings. The van der Waals surface area contributed by atoms with E-state index in [2.05, 4.69) is 146 Å². The highest BCUT2D eigenvalue weighted by atomic mass is 14.9. The average molecular weight is 939 g/mol. The number of aromatic nitrogens is 8. The summed E-state index contributed by atoms with van der Waals surface area (Å²) in [5.74, 6) is 0.839. The molecule has 8 nitrogen and oxygen atoms in total. The SMILES string of the molecule is CC.CC.CC.CC.CC.Cc1ccc2c(C)ncnc2c1.Cc1ccc2ccc(C)nc2c1.Cc1ccc2cccc(C)c2n1.Cc1nc(C)c2ccccc2n1.Cc1ncnc2c(C)cccc12. The number of hydrogen-bond donors (Lipinski definition) is 0. The van der Waals surface area contributed by atoms with Gasteiger partial charge < -0.3 is 0 Å². The molecule has 0 aliphatic rings. The van der Waals surface area contributed by atoms with Crippen LogP contribution in [0.5, 0.6) is 0 Å². The van der Waals surface area contributed by atoms with Crippen LogP contribution in [0.1, 0.15) is 126 Å². The fourth-order valence-electron chi connectivity index (χ4n) is 6.77. The summed E-state index contributed by atoms with van der Waals surface area (Å²) in [5, 5.41) is 5.87. The fraction of sp³-hybridized carbons (Fsp3) is 0.323. The molecule has 0 amide bonds. The summed E-state index contributed by atoms with van der Waals surface area (Å²) in [5.41, 5.74) is 15.6. The molecule has 5 aromatic carbocycles. The van der Waals surface area contributed by atoms with Crippen LogP contribution in [0.15, 0.2) is 134 Å². The van der Waals surface area contributed by atoms with Gasteiger partial charge >= 0.3 is 0 Å². The molecule has 5 heterocycles. The number of pyridine rings is 2. The second kappa shape index (κ2) is 33.4. The van der Waals surface area contributed by atoms with E-state index >= 15 is 0 Å². The summed E-state index contributed by atoms with van der Waals surface area (Å²) in [6, 6.07) is 41.3. The highest BCUT2D eigenvalue weighted by Gasteiger charge is 2.02. The molecule has 70 heavy (non-hydrogen) atoms. The lowest BCUT2D eigenvalue weighted by Gasteiger charge is -2.01. The Labute approximate surface area is 421 Å². The fourth-order valence-corrected chi connectivity index (χ4v) is 6.77. The summed E-state index contributed by atoms with van der Waals surface area (Å²) in [4.78, 5) is 34.2. The molecule has 10 rings (SSSR count). The number of benzene rings is 5. The van der Waals surface area contributed by atoms with Crippen LogP contribution in [0, 0.1) is 69.2 Å². The van der Waals surface area contributed by atoms with Crippen molar-refractivity contribution >= 4 is 54.5 Å². The van der Waals surface area contributed by atoms with E-state index in [-0.39, 0.29) is 0 Å². The number of rotatable bonds is 0. The second-order valence-corrected chi connectivity index (χ2v) is 15.0. The monoisotopic (exact) mass is 939 g/mol. The van der Waals surface area contributed by atoms with Crippen LogP contribution in [0.4, 0.5) is 0 Å². The summed E-state index contributed by atoms with van der Waals surface area (Å²) in [6.45, 7) is 40.3. The number of aryl methyl sites for hydroxylation is 10. The minimum atomic E-state index is 0.839. The minimum Gasteiger partial charge on any atom is -0.253 e. The van der Waals surface area contributed by atoms with Gasteiger partial charge in [0.05, 0.1) is 27.6 Å². The van der Waals surface area contributed by atoms with Crippen molar-refractivity contribution in [1.29, 1.82) is 0 Å². The van der Waals surface area contributed by atoms with Gasteiger partial charge in [-0.25, -0.2) is 29.9 Å². The molecule has 0 aliphatic carbocycles. The van der Waals surface area contributed by atoms with E-state index in [1.54, 1.807) is 12.7 Å². The van der Waals surface area contributed by atoms with Gasteiger partial charge in [-0.05, 0) is 122 Å². The van der Waals surface area contributed by atoms with Crippen molar-refractivity contribution in [2.45, 2.75) is 138 Å². The van der Waals surface area contributed by atoms with Gasteiger partial charge in [0.1, 0.15) is 18.5 Å². The maximum Gasteiger partial charge on any atom is 0.126 e. The molecule has 0 spiro atoms. The molecule has 5 aromatic heterocycles. The first-order valence-electron chi connectivity index (χ1n) is 25.1. The first-order valence-corrected chi connectivity index (χ1v) is 25.1. The van der Waals surface area contributed by atoms with Crippen LogP contribution in [0.3, 0.4) is 0 Å². The first kappa shape index (κ1) is 61.0. The normalized spacial score (nSPS) is 9.43. The molecule has 0 bridgehead atoms. The number of para-hydroxylation sites is 3. The van der Waals surface area contributed by atoms with E-state index < -0.39 is 0 Å². The summed E-state index contributed by atoms with van der Waals surface area (Å²) in [6.07, 6.45) is 3.22. The Bertz CT molecular complexity index is 2950. The van der Waals surface area contributed by atoms with E-state index in [0.29, 0.717) is 0 Å². The van der Waals surface area contributed by atoms with Gasteiger partial charge in [0.25, 0.3) is 0 Å². The first-order chi connectivity index (χ1) is 33.9. The van der Waals surface area contributed by atoms with Crippen LogP contribution >= 0.6 is 0 Å². The van der Waals surface area contributed by atoms with Crippen LogP contribution in [-0.4, -0.2) is 39.9 Å². The van der Waals surface area contributed by atoms with E-state index in [4.69, 9.17) is 0 Å². The highest BCUT2D eigenvalue weighted by molar-refractivity contribution is 5.84. The Kier molecular flexibility index (Phi) is 29.1. The molecular formula is C62H82N8. The van der Waals surface area contributed by atoms with Crippen molar-refractivity contribution in [3.05, 3.63) is 191 Å². The van der Waals surface area contributed by atoms with Gasteiger partial charge in [0.2, 0.25) is 0 Å². The molecule has 0 N–H and O–H groups in total. The van der Waals surface area contributed by atoms with Gasteiger partial charge in [-0.15, -0.1) is 0 Å². The molecular weight excluding hydrogens is 857 g/mol. The Balaban J connectivity index is 0.000000418. The highest BCUT2D eigenvalue weighted by Crippen LogP contribution is 2.19. The van der Waals surface area contributed by atoms with Crippen LogP contribution in [0.2, 0.25) is 0 Å². The predicted molar refractivity (Wildman–Crippen MR) is 306 cm³/mol. The Hall–Kier alpha value is -7.06. The van der Waals surface area contributed by atoms with Crippen LogP contribution < -0.4 is 0 Å². The largest absolute Gasteiger partial charge is 0.253 e. The summed E-state index contributed by atoms with van der Waals surface area (Å²) >= 11 is 0.